The zero-order valence-corrected chi connectivity index (χ0v) is 9.50. The molecule has 1 aromatic rings. The number of imidazole rings is 1. The zero-order chi connectivity index (χ0) is 10.5. The highest BCUT2D eigenvalue weighted by Gasteiger charge is 2.20. The lowest BCUT2D eigenvalue weighted by Gasteiger charge is -2.25. The van der Waals surface area contributed by atoms with Crippen LogP contribution in [0.1, 0.15) is 50.4 Å². The minimum Gasteiger partial charge on any atom is -0.347 e. The Kier molecular flexibility index (Phi) is 3.78. The normalized spacial score (nSPS) is 20.3. The molecule has 0 saturated heterocycles. The van der Waals surface area contributed by atoms with Gasteiger partial charge in [0.2, 0.25) is 0 Å². The van der Waals surface area contributed by atoms with E-state index in [9.17, 15) is 0 Å². The average molecular weight is 207 g/mol. The van der Waals surface area contributed by atoms with Gasteiger partial charge in [0.25, 0.3) is 0 Å². The van der Waals surface area contributed by atoms with Crippen LogP contribution in [0.15, 0.2) is 12.4 Å². The van der Waals surface area contributed by atoms with Gasteiger partial charge < -0.3 is 10.3 Å². The molecule has 84 valence electrons. The van der Waals surface area contributed by atoms with Crippen LogP contribution in [0.3, 0.4) is 0 Å². The lowest BCUT2D eigenvalue weighted by atomic mass is 9.84. The SMILES string of the molecule is CNC(CC1CCCCC1)c1ncc[nH]1. The van der Waals surface area contributed by atoms with Crippen LogP contribution in [0.25, 0.3) is 0 Å². The molecule has 1 aromatic heterocycles. The van der Waals surface area contributed by atoms with Crippen molar-refractivity contribution in [1.29, 1.82) is 0 Å². The molecule has 0 amide bonds. The van der Waals surface area contributed by atoms with Crippen molar-refractivity contribution in [2.24, 2.45) is 5.92 Å². The third-order valence-corrected chi connectivity index (χ3v) is 3.49. The summed E-state index contributed by atoms with van der Waals surface area (Å²) in [5, 5.41) is 3.36. The molecule has 0 aliphatic heterocycles. The third kappa shape index (κ3) is 2.81. The summed E-state index contributed by atoms with van der Waals surface area (Å²) in [5.41, 5.74) is 0. The van der Waals surface area contributed by atoms with E-state index in [1.807, 2.05) is 19.4 Å². The molecule has 0 radical (unpaired) electrons. The van der Waals surface area contributed by atoms with Crippen molar-refractivity contribution in [3.05, 3.63) is 18.2 Å². The number of rotatable bonds is 4. The fraction of sp³-hybridized carbons (Fsp3) is 0.750. The highest BCUT2D eigenvalue weighted by Crippen LogP contribution is 2.30. The molecule has 0 spiro atoms. The summed E-state index contributed by atoms with van der Waals surface area (Å²) >= 11 is 0. The largest absolute Gasteiger partial charge is 0.347 e. The predicted octanol–water partition coefficient (Wildman–Crippen LogP) is 2.64. The Morgan fingerprint density at radius 3 is 2.87 bits per heavy atom. The number of aromatic amines is 1. The standard InChI is InChI=1S/C12H21N3/c1-13-11(12-14-7-8-15-12)9-10-5-3-2-4-6-10/h7-8,10-11,13H,2-6,9H2,1H3,(H,14,15). The van der Waals surface area contributed by atoms with Crippen molar-refractivity contribution in [2.45, 2.75) is 44.6 Å². The van der Waals surface area contributed by atoms with Gasteiger partial charge in [-0.25, -0.2) is 4.98 Å². The van der Waals surface area contributed by atoms with Crippen LogP contribution in [0.5, 0.6) is 0 Å². The zero-order valence-electron chi connectivity index (χ0n) is 9.50. The maximum atomic E-state index is 4.33. The minimum absolute atomic E-state index is 0.406. The Morgan fingerprint density at radius 2 is 2.27 bits per heavy atom. The summed E-state index contributed by atoms with van der Waals surface area (Å²) < 4.78 is 0. The van der Waals surface area contributed by atoms with E-state index in [-0.39, 0.29) is 0 Å². The van der Waals surface area contributed by atoms with Crippen LogP contribution in [0.4, 0.5) is 0 Å². The Morgan fingerprint density at radius 1 is 1.47 bits per heavy atom. The molecule has 1 heterocycles. The third-order valence-electron chi connectivity index (χ3n) is 3.49. The van der Waals surface area contributed by atoms with Crippen molar-refractivity contribution >= 4 is 0 Å². The van der Waals surface area contributed by atoms with Crippen molar-refractivity contribution < 1.29 is 0 Å². The Bertz CT molecular complexity index is 262. The molecule has 3 nitrogen and oxygen atoms in total. The van der Waals surface area contributed by atoms with E-state index >= 15 is 0 Å². The van der Waals surface area contributed by atoms with E-state index in [4.69, 9.17) is 0 Å². The van der Waals surface area contributed by atoms with Crippen molar-refractivity contribution in [3.63, 3.8) is 0 Å². The quantitative estimate of drug-likeness (QED) is 0.797. The summed E-state index contributed by atoms with van der Waals surface area (Å²) in [6, 6.07) is 0.406. The first-order valence-corrected chi connectivity index (χ1v) is 6.06. The van der Waals surface area contributed by atoms with Gasteiger partial charge in [-0.1, -0.05) is 32.1 Å². The van der Waals surface area contributed by atoms with Gasteiger partial charge >= 0.3 is 0 Å². The van der Waals surface area contributed by atoms with Crippen LogP contribution >= 0.6 is 0 Å². The lowest BCUT2D eigenvalue weighted by Crippen LogP contribution is -2.22. The van der Waals surface area contributed by atoms with Gasteiger partial charge in [0.05, 0.1) is 6.04 Å². The molecule has 3 heteroatoms. The van der Waals surface area contributed by atoms with Gasteiger partial charge in [-0.3, -0.25) is 0 Å². The minimum atomic E-state index is 0.406. The van der Waals surface area contributed by atoms with Crippen LogP contribution in [-0.2, 0) is 0 Å². The van der Waals surface area contributed by atoms with Gasteiger partial charge in [0.1, 0.15) is 5.82 Å². The van der Waals surface area contributed by atoms with Crippen LogP contribution < -0.4 is 5.32 Å². The van der Waals surface area contributed by atoms with Crippen LogP contribution in [0.2, 0.25) is 0 Å². The molecule has 1 atom stereocenters. The monoisotopic (exact) mass is 207 g/mol. The summed E-state index contributed by atoms with van der Waals surface area (Å²) in [7, 11) is 2.02. The summed E-state index contributed by atoms with van der Waals surface area (Å²) in [6.45, 7) is 0. The van der Waals surface area contributed by atoms with Gasteiger partial charge in [-0.05, 0) is 19.4 Å². The lowest BCUT2D eigenvalue weighted by molar-refractivity contribution is 0.302. The van der Waals surface area contributed by atoms with Crippen LogP contribution in [0, 0.1) is 5.92 Å². The van der Waals surface area contributed by atoms with Crippen molar-refractivity contribution in [3.8, 4) is 0 Å². The Hall–Kier alpha value is -0.830. The number of nitrogens with one attached hydrogen (secondary N) is 2. The van der Waals surface area contributed by atoms with E-state index in [0.717, 1.165) is 11.7 Å². The first-order valence-electron chi connectivity index (χ1n) is 6.06. The summed E-state index contributed by atoms with van der Waals surface area (Å²) in [5.74, 6) is 1.98. The average Bonchev–Trinajstić information content (AvgIpc) is 2.81. The smallest absolute Gasteiger partial charge is 0.123 e. The summed E-state index contributed by atoms with van der Waals surface area (Å²) in [4.78, 5) is 7.54. The molecule has 15 heavy (non-hydrogen) atoms. The first-order chi connectivity index (χ1) is 7.40. The predicted molar refractivity (Wildman–Crippen MR) is 61.6 cm³/mol. The van der Waals surface area contributed by atoms with E-state index in [1.54, 1.807) is 0 Å². The molecule has 1 saturated carbocycles. The fourth-order valence-corrected chi connectivity index (χ4v) is 2.59. The molecule has 1 aliphatic rings. The number of hydrogen-bond donors (Lipinski definition) is 2. The molecule has 1 fully saturated rings. The van der Waals surface area contributed by atoms with E-state index in [2.05, 4.69) is 15.3 Å². The summed E-state index contributed by atoms with van der Waals surface area (Å²) in [6.07, 6.45) is 12.0. The molecule has 0 bridgehead atoms. The number of hydrogen-bond acceptors (Lipinski definition) is 2. The topological polar surface area (TPSA) is 40.7 Å². The van der Waals surface area contributed by atoms with Crippen LogP contribution in [-0.4, -0.2) is 17.0 Å². The first kappa shape index (κ1) is 10.7. The second kappa shape index (κ2) is 5.31. The molecule has 2 N–H and O–H groups in total. The van der Waals surface area contributed by atoms with Gasteiger partial charge in [0, 0.05) is 12.4 Å². The Balaban J connectivity index is 1.90. The Labute approximate surface area is 91.7 Å². The molecule has 0 aromatic carbocycles. The highest BCUT2D eigenvalue weighted by atomic mass is 15.0. The number of H-pyrrole nitrogens is 1. The molecule has 1 aliphatic carbocycles. The molecule has 1 unspecified atom stereocenters. The van der Waals surface area contributed by atoms with E-state index < -0.39 is 0 Å². The second-order valence-corrected chi connectivity index (χ2v) is 4.56. The van der Waals surface area contributed by atoms with Gasteiger partial charge in [0.15, 0.2) is 0 Å². The molecular weight excluding hydrogens is 186 g/mol. The van der Waals surface area contributed by atoms with Gasteiger partial charge in [-0.15, -0.1) is 0 Å². The highest BCUT2D eigenvalue weighted by molar-refractivity contribution is 4.96. The maximum Gasteiger partial charge on any atom is 0.123 e. The fourth-order valence-electron chi connectivity index (χ4n) is 2.59. The number of aromatic nitrogens is 2. The second-order valence-electron chi connectivity index (χ2n) is 4.56. The van der Waals surface area contributed by atoms with Crippen molar-refractivity contribution in [1.82, 2.24) is 15.3 Å². The molecular formula is C12H21N3. The van der Waals surface area contributed by atoms with Crippen molar-refractivity contribution in [2.75, 3.05) is 7.05 Å². The van der Waals surface area contributed by atoms with E-state index in [0.29, 0.717) is 6.04 Å². The molecule has 2 rings (SSSR count). The van der Waals surface area contributed by atoms with Gasteiger partial charge in [-0.2, -0.15) is 0 Å². The number of nitrogens with zero attached hydrogens (tertiary/aromatic N) is 1. The van der Waals surface area contributed by atoms with E-state index in [1.165, 1.54) is 38.5 Å². The maximum absolute atomic E-state index is 4.33.